The van der Waals surface area contributed by atoms with E-state index in [0.717, 1.165) is 25.7 Å². The Labute approximate surface area is 152 Å². The molecule has 0 amide bonds. The maximum atomic E-state index is 5.95. The average molecular weight is 344 g/mol. The lowest BCUT2D eigenvalue weighted by Gasteiger charge is -2.43. The van der Waals surface area contributed by atoms with Crippen LogP contribution in [0.2, 0.25) is 0 Å². The first-order valence-corrected chi connectivity index (χ1v) is 10.3. The molecule has 138 valence electrons. The predicted octanol–water partition coefficient (Wildman–Crippen LogP) is 4.08. The molecular weight excluding hydrogens is 310 g/mol. The number of anilines is 2. The van der Waals surface area contributed by atoms with Gasteiger partial charge in [-0.25, -0.2) is 0 Å². The normalized spacial score (nSPS) is 28.0. The van der Waals surface area contributed by atoms with Crippen LogP contribution in [0.25, 0.3) is 0 Å². The van der Waals surface area contributed by atoms with Crippen molar-refractivity contribution >= 4 is 11.4 Å². The van der Waals surface area contributed by atoms with E-state index >= 15 is 0 Å². The lowest BCUT2D eigenvalue weighted by Crippen LogP contribution is -2.49. The number of para-hydroxylation sites is 2. The fraction of sp³-hybridized carbons (Fsp3) is 0.714. The fourth-order valence-corrected chi connectivity index (χ4v) is 4.88. The van der Waals surface area contributed by atoms with Gasteiger partial charge in [0.2, 0.25) is 0 Å². The second-order valence-electron chi connectivity index (χ2n) is 7.89. The maximum Gasteiger partial charge on any atom is 0.0880 e. The van der Waals surface area contributed by atoms with Crippen molar-refractivity contribution in [1.29, 1.82) is 0 Å². The third-order valence-corrected chi connectivity index (χ3v) is 6.31. The van der Waals surface area contributed by atoms with Crippen LogP contribution in [0.5, 0.6) is 0 Å². The molecule has 2 heterocycles. The van der Waals surface area contributed by atoms with Crippen molar-refractivity contribution in [3.05, 3.63) is 24.3 Å². The third-order valence-electron chi connectivity index (χ3n) is 6.31. The van der Waals surface area contributed by atoms with Gasteiger partial charge in [0.25, 0.3) is 0 Å². The van der Waals surface area contributed by atoms with Gasteiger partial charge in [-0.15, -0.1) is 0 Å². The van der Waals surface area contributed by atoms with Gasteiger partial charge in [0.1, 0.15) is 0 Å². The van der Waals surface area contributed by atoms with Crippen molar-refractivity contribution in [3.8, 4) is 0 Å². The molecular formula is C21H33N3O. The van der Waals surface area contributed by atoms with Crippen LogP contribution < -0.4 is 10.2 Å². The number of hydrogen-bond acceptors (Lipinski definition) is 4. The minimum atomic E-state index is 0.529. The van der Waals surface area contributed by atoms with Crippen LogP contribution in [0.15, 0.2) is 24.3 Å². The number of benzene rings is 1. The van der Waals surface area contributed by atoms with Crippen molar-refractivity contribution in [1.82, 2.24) is 4.90 Å². The first-order chi connectivity index (χ1) is 12.3. The molecule has 1 aliphatic carbocycles. The zero-order valence-corrected chi connectivity index (χ0v) is 15.6. The van der Waals surface area contributed by atoms with E-state index in [1.165, 1.54) is 63.0 Å². The third kappa shape index (κ3) is 3.80. The summed E-state index contributed by atoms with van der Waals surface area (Å²) in [6.45, 7) is 6.63. The smallest absolute Gasteiger partial charge is 0.0880 e. The van der Waals surface area contributed by atoms with E-state index < -0.39 is 0 Å². The summed E-state index contributed by atoms with van der Waals surface area (Å²) in [6.07, 6.45) is 9.43. The van der Waals surface area contributed by atoms with Crippen LogP contribution in [0.1, 0.15) is 51.9 Å². The van der Waals surface area contributed by atoms with Crippen molar-refractivity contribution in [2.75, 3.05) is 36.6 Å². The largest absolute Gasteiger partial charge is 0.378 e. The fourth-order valence-electron chi connectivity index (χ4n) is 4.88. The number of nitrogens with zero attached hydrogens (tertiary/aromatic N) is 2. The predicted molar refractivity (Wildman–Crippen MR) is 104 cm³/mol. The second-order valence-corrected chi connectivity index (χ2v) is 7.89. The Bertz CT molecular complexity index is 548. The molecule has 0 spiro atoms. The molecule has 0 aromatic heterocycles. The highest BCUT2D eigenvalue weighted by Crippen LogP contribution is 2.35. The summed E-state index contributed by atoms with van der Waals surface area (Å²) in [5, 5.41) is 3.54. The molecule has 0 unspecified atom stereocenters. The molecule has 4 nitrogen and oxygen atoms in total. The van der Waals surface area contributed by atoms with Crippen LogP contribution >= 0.6 is 0 Å². The molecule has 25 heavy (non-hydrogen) atoms. The molecule has 1 N–H and O–H groups in total. The van der Waals surface area contributed by atoms with Gasteiger partial charge in [0.05, 0.1) is 24.1 Å². The Morgan fingerprint density at radius 1 is 1.00 bits per heavy atom. The van der Waals surface area contributed by atoms with Crippen LogP contribution in [-0.4, -0.2) is 49.5 Å². The second kappa shape index (κ2) is 7.96. The molecule has 1 saturated heterocycles. The Balaban J connectivity index is 1.26. The van der Waals surface area contributed by atoms with E-state index in [-0.39, 0.29) is 0 Å². The van der Waals surface area contributed by atoms with Crippen LogP contribution in [0.4, 0.5) is 11.4 Å². The van der Waals surface area contributed by atoms with Gasteiger partial charge in [0.15, 0.2) is 0 Å². The summed E-state index contributed by atoms with van der Waals surface area (Å²) in [5.74, 6) is 0. The zero-order chi connectivity index (χ0) is 17.1. The number of likely N-dealkylation sites (tertiary alicyclic amines) is 1. The van der Waals surface area contributed by atoms with Gasteiger partial charge in [0, 0.05) is 31.8 Å². The molecule has 2 aliphatic heterocycles. The Morgan fingerprint density at radius 2 is 1.76 bits per heavy atom. The number of nitrogens with one attached hydrogen (secondary N) is 1. The van der Waals surface area contributed by atoms with Crippen molar-refractivity contribution in [3.63, 3.8) is 0 Å². The molecule has 0 atom stereocenters. The molecule has 2 fully saturated rings. The van der Waals surface area contributed by atoms with Gasteiger partial charge >= 0.3 is 0 Å². The molecule has 1 aromatic carbocycles. The van der Waals surface area contributed by atoms with Crippen molar-refractivity contribution in [2.24, 2.45) is 0 Å². The highest BCUT2D eigenvalue weighted by molar-refractivity contribution is 5.74. The van der Waals surface area contributed by atoms with E-state index in [2.05, 4.69) is 46.3 Å². The van der Waals surface area contributed by atoms with Crippen LogP contribution in [0.3, 0.4) is 0 Å². The molecule has 3 aliphatic rings. The lowest BCUT2D eigenvalue weighted by molar-refractivity contribution is 0.00388. The van der Waals surface area contributed by atoms with E-state index in [4.69, 9.17) is 4.74 Å². The number of ether oxygens (including phenoxy) is 1. The van der Waals surface area contributed by atoms with Gasteiger partial charge < -0.3 is 19.9 Å². The summed E-state index contributed by atoms with van der Waals surface area (Å²) in [6, 6.07) is 10.2. The number of piperidine rings is 1. The molecule has 4 heteroatoms. The molecule has 0 radical (unpaired) electrons. The van der Waals surface area contributed by atoms with Crippen molar-refractivity contribution in [2.45, 2.75) is 70.1 Å². The summed E-state index contributed by atoms with van der Waals surface area (Å²) in [5.41, 5.74) is 2.70. The van der Waals surface area contributed by atoms with E-state index in [1.807, 2.05) is 0 Å². The SMILES string of the molecule is CCCOC1CCC(N2CCC(N3CNc4ccccc43)CC2)CC1. The Kier molecular flexibility index (Phi) is 5.47. The van der Waals surface area contributed by atoms with Gasteiger partial charge in [-0.05, 0) is 57.1 Å². The summed E-state index contributed by atoms with van der Waals surface area (Å²) >= 11 is 0. The van der Waals surface area contributed by atoms with E-state index in [9.17, 15) is 0 Å². The minimum absolute atomic E-state index is 0.529. The first kappa shape index (κ1) is 17.2. The molecule has 4 rings (SSSR count). The summed E-state index contributed by atoms with van der Waals surface area (Å²) < 4.78 is 5.95. The molecule has 1 aromatic rings. The quantitative estimate of drug-likeness (QED) is 0.872. The van der Waals surface area contributed by atoms with Crippen molar-refractivity contribution < 1.29 is 4.74 Å². The standard InChI is InChI=1S/C21H33N3O/c1-2-15-25-19-9-7-17(8-10-19)23-13-11-18(12-14-23)24-16-22-20-5-3-4-6-21(20)24/h3-6,17-19,22H,2,7-16H2,1H3. The average Bonchev–Trinajstić information content (AvgIpc) is 3.11. The Hall–Kier alpha value is -1.26. The maximum absolute atomic E-state index is 5.95. The van der Waals surface area contributed by atoms with Crippen LogP contribution in [-0.2, 0) is 4.74 Å². The van der Waals surface area contributed by atoms with Gasteiger partial charge in [-0.2, -0.15) is 0 Å². The summed E-state index contributed by atoms with van der Waals surface area (Å²) in [7, 11) is 0. The van der Waals surface area contributed by atoms with Crippen LogP contribution in [0, 0.1) is 0 Å². The molecule has 0 bridgehead atoms. The highest BCUT2D eigenvalue weighted by atomic mass is 16.5. The first-order valence-electron chi connectivity index (χ1n) is 10.3. The Morgan fingerprint density at radius 3 is 2.52 bits per heavy atom. The highest BCUT2D eigenvalue weighted by Gasteiger charge is 2.32. The zero-order valence-electron chi connectivity index (χ0n) is 15.6. The number of rotatable bonds is 5. The van der Waals surface area contributed by atoms with Gasteiger partial charge in [-0.1, -0.05) is 19.1 Å². The minimum Gasteiger partial charge on any atom is -0.378 e. The monoisotopic (exact) mass is 343 g/mol. The van der Waals surface area contributed by atoms with E-state index in [1.54, 1.807) is 0 Å². The summed E-state index contributed by atoms with van der Waals surface area (Å²) in [4.78, 5) is 5.35. The number of hydrogen-bond donors (Lipinski definition) is 1. The molecule has 1 saturated carbocycles. The van der Waals surface area contributed by atoms with Gasteiger partial charge in [-0.3, -0.25) is 0 Å². The number of fused-ring (bicyclic) bond motifs is 1. The van der Waals surface area contributed by atoms with E-state index in [0.29, 0.717) is 12.1 Å². The topological polar surface area (TPSA) is 27.7 Å². The lowest BCUT2D eigenvalue weighted by atomic mass is 9.90.